The second-order valence-corrected chi connectivity index (χ2v) is 6.53. The lowest BCUT2D eigenvalue weighted by atomic mass is 9.77. The summed E-state index contributed by atoms with van der Waals surface area (Å²) in [6.45, 7) is 7.76. The van der Waals surface area contributed by atoms with Crippen LogP contribution >= 0.6 is 0 Å². The zero-order chi connectivity index (χ0) is 16.5. The fraction of sp³-hybridized carbons (Fsp3) is 0.500. The summed E-state index contributed by atoms with van der Waals surface area (Å²) in [5, 5.41) is 9.63. The Labute approximate surface area is 131 Å². The van der Waals surface area contributed by atoms with E-state index in [4.69, 9.17) is 15.0 Å². The molecule has 0 amide bonds. The quantitative estimate of drug-likeness (QED) is 0.838. The highest BCUT2D eigenvalue weighted by Gasteiger charge is 2.52. The lowest BCUT2D eigenvalue weighted by Gasteiger charge is -2.32. The summed E-state index contributed by atoms with van der Waals surface area (Å²) in [6.07, 6.45) is 1.57. The normalized spacial score (nSPS) is 20.5. The van der Waals surface area contributed by atoms with Gasteiger partial charge in [0.05, 0.1) is 17.8 Å². The molecule has 0 aliphatic carbocycles. The van der Waals surface area contributed by atoms with Crippen molar-refractivity contribution in [2.75, 3.05) is 6.61 Å². The summed E-state index contributed by atoms with van der Waals surface area (Å²) in [5.41, 5.74) is 6.22. The molecule has 22 heavy (non-hydrogen) atoms. The van der Waals surface area contributed by atoms with Crippen molar-refractivity contribution in [3.05, 3.63) is 40.6 Å². The summed E-state index contributed by atoms with van der Waals surface area (Å²) in [6, 6.07) is 4.67. The maximum atomic E-state index is 13.9. The topological polar surface area (TPSA) is 64.7 Å². The Morgan fingerprint density at radius 3 is 2.36 bits per heavy atom. The fourth-order valence-corrected chi connectivity index (χ4v) is 2.21. The monoisotopic (exact) mass is 307 g/mol. The van der Waals surface area contributed by atoms with Crippen molar-refractivity contribution >= 4 is 13.2 Å². The van der Waals surface area contributed by atoms with Crippen LogP contribution in [0.2, 0.25) is 0 Å². The van der Waals surface area contributed by atoms with Crippen LogP contribution < -0.4 is 5.73 Å². The van der Waals surface area contributed by atoms with E-state index >= 15 is 0 Å². The highest BCUT2D eigenvalue weighted by molar-refractivity contribution is 6.55. The first-order chi connectivity index (χ1) is 10.2. The SMILES string of the molecule is CC1(C)OB(C(=Cc2cc(CN)ccc2F)CO)OC1(C)C. The van der Waals surface area contributed by atoms with Crippen molar-refractivity contribution in [3.63, 3.8) is 0 Å². The maximum Gasteiger partial charge on any atom is 0.492 e. The molecular formula is C16H23BFNO3. The molecular weight excluding hydrogens is 284 g/mol. The van der Waals surface area contributed by atoms with E-state index in [2.05, 4.69) is 0 Å². The van der Waals surface area contributed by atoms with Gasteiger partial charge in [0.1, 0.15) is 5.82 Å². The summed E-state index contributed by atoms with van der Waals surface area (Å²) >= 11 is 0. The van der Waals surface area contributed by atoms with Gasteiger partial charge in [-0.3, -0.25) is 0 Å². The first kappa shape index (κ1) is 17.2. The zero-order valence-corrected chi connectivity index (χ0v) is 13.5. The van der Waals surface area contributed by atoms with Crippen molar-refractivity contribution in [2.24, 2.45) is 5.73 Å². The van der Waals surface area contributed by atoms with Gasteiger partial charge in [0, 0.05) is 12.1 Å². The molecule has 0 bridgehead atoms. The average molecular weight is 307 g/mol. The summed E-state index contributed by atoms with van der Waals surface area (Å²) < 4.78 is 25.7. The predicted molar refractivity (Wildman–Crippen MR) is 85.4 cm³/mol. The zero-order valence-electron chi connectivity index (χ0n) is 13.5. The fourth-order valence-electron chi connectivity index (χ4n) is 2.21. The molecule has 0 saturated carbocycles. The van der Waals surface area contributed by atoms with Gasteiger partial charge in [0.2, 0.25) is 0 Å². The number of rotatable bonds is 4. The average Bonchev–Trinajstić information content (AvgIpc) is 2.66. The molecule has 6 heteroatoms. The Balaban J connectivity index is 2.33. The van der Waals surface area contributed by atoms with E-state index in [9.17, 15) is 9.50 Å². The van der Waals surface area contributed by atoms with E-state index < -0.39 is 18.3 Å². The van der Waals surface area contributed by atoms with E-state index in [0.29, 0.717) is 17.6 Å². The Kier molecular flexibility index (Phi) is 4.77. The number of halogens is 1. The van der Waals surface area contributed by atoms with Gasteiger partial charge in [-0.25, -0.2) is 4.39 Å². The van der Waals surface area contributed by atoms with Crippen LogP contribution in [0.3, 0.4) is 0 Å². The van der Waals surface area contributed by atoms with Crippen LogP contribution in [0.1, 0.15) is 38.8 Å². The van der Waals surface area contributed by atoms with Crippen LogP contribution in [0.25, 0.3) is 6.08 Å². The minimum atomic E-state index is -0.698. The lowest BCUT2D eigenvalue weighted by molar-refractivity contribution is 0.00578. The van der Waals surface area contributed by atoms with Crippen molar-refractivity contribution < 1.29 is 18.8 Å². The first-order valence-electron chi connectivity index (χ1n) is 7.35. The Morgan fingerprint density at radius 2 is 1.86 bits per heavy atom. The van der Waals surface area contributed by atoms with Crippen LogP contribution in [0.4, 0.5) is 4.39 Å². The number of aliphatic hydroxyl groups excluding tert-OH is 1. The van der Waals surface area contributed by atoms with E-state index in [0.717, 1.165) is 5.56 Å². The Hall–Kier alpha value is -1.21. The largest absolute Gasteiger partial charge is 0.492 e. The molecule has 0 radical (unpaired) electrons. The van der Waals surface area contributed by atoms with Gasteiger partial charge >= 0.3 is 7.12 Å². The molecule has 3 N–H and O–H groups in total. The molecule has 1 fully saturated rings. The highest BCUT2D eigenvalue weighted by Crippen LogP contribution is 2.38. The second kappa shape index (κ2) is 6.12. The number of nitrogens with two attached hydrogens (primary N) is 1. The number of hydrogen-bond donors (Lipinski definition) is 2. The van der Waals surface area contributed by atoms with Gasteiger partial charge in [-0.15, -0.1) is 0 Å². The predicted octanol–water partition coefficient (Wildman–Crippen LogP) is 2.29. The van der Waals surface area contributed by atoms with Gasteiger partial charge in [-0.05, 0) is 50.9 Å². The van der Waals surface area contributed by atoms with Crippen molar-refractivity contribution in [1.82, 2.24) is 0 Å². The maximum absolute atomic E-state index is 13.9. The van der Waals surface area contributed by atoms with E-state index in [1.54, 1.807) is 18.2 Å². The van der Waals surface area contributed by atoms with Crippen molar-refractivity contribution in [1.29, 1.82) is 0 Å². The molecule has 1 aromatic rings. The van der Waals surface area contributed by atoms with Gasteiger partial charge < -0.3 is 20.1 Å². The van der Waals surface area contributed by atoms with Gasteiger partial charge in [0.25, 0.3) is 0 Å². The number of aliphatic hydroxyl groups is 1. The van der Waals surface area contributed by atoms with Crippen LogP contribution in [0, 0.1) is 5.82 Å². The molecule has 0 atom stereocenters. The molecule has 2 rings (SSSR count). The molecule has 1 aromatic carbocycles. The van der Waals surface area contributed by atoms with E-state index in [1.165, 1.54) is 6.07 Å². The molecule has 0 unspecified atom stereocenters. The number of benzene rings is 1. The van der Waals surface area contributed by atoms with E-state index in [-0.39, 0.29) is 12.4 Å². The Bertz CT molecular complexity index is 571. The third kappa shape index (κ3) is 3.25. The lowest BCUT2D eigenvalue weighted by Crippen LogP contribution is -2.41. The Morgan fingerprint density at radius 1 is 1.27 bits per heavy atom. The first-order valence-corrected chi connectivity index (χ1v) is 7.35. The molecule has 4 nitrogen and oxygen atoms in total. The highest BCUT2D eigenvalue weighted by atomic mass is 19.1. The molecule has 0 aromatic heterocycles. The van der Waals surface area contributed by atoms with Gasteiger partial charge in [0.15, 0.2) is 0 Å². The molecule has 1 saturated heterocycles. The summed E-state index contributed by atoms with van der Waals surface area (Å²) in [4.78, 5) is 0. The van der Waals surface area contributed by atoms with E-state index in [1.807, 2.05) is 27.7 Å². The molecule has 120 valence electrons. The van der Waals surface area contributed by atoms with Crippen LogP contribution in [-0.4, -0.2) is 30.0 Å². The van der Waals surface area contributed by atoms with Crippen molar-refractivity contribution in [2.45, 2.75) is 45.4 Å². The van der Waals surface area contributed by atoms with Gasteiger partial charge in [-0.1, -0.05) is 12.1 Å². The summed E-state index contributed by atoms with van der Waals surface area (Å²) in [7, 11) is -0.698. The minimum absolute atomic E-state index is 0.275. The minimum Gasteiger partial charge on any atom is -0.400 e. The smallest absolute Gasteiger partial charge is 0.400 e. The second-order valence-electron chi connectivity index (χ2n) is 6.53. The van der Waals surface area contributed by atoms with Crippen LogP contribution in [-0.2, 0) is 15.9 Å². The summed E-state index contributed by atoms with van der Waals surface area (Å²) in [5.74, 6) is -0.375. The third-order valence-corrected chi connectivity index (χ3v) is 4.38. The van der Waals surface area contributed by atoms with Crippen LogP contribution in [0.5, 0.6) is 0 Å². The van der Waals surface area contributed by atoms with Crippen LogP contribution in [0.15, 0.2) is 23.7 Å². The molecule has 1 heterocycles. The number of hydrogen-bond acceptors (Lipinski definition) is 4. The molecule has 0 spiro atoms. The van der Waals surface area contributed by atoms with Crippen molar-refractivity contribution in [3.8, 4) is 0 Å². The third-order valence-electron chi connectivity index (χ3n) is 4.38. The molecule has 1 aliphatic rings. The molecule has 1 aliphatic heterocycles. The standard InChI is InChI=1S/C16H23BFNO3/c1-15(2)16(3,4)22-17(21-15)13(10-20)8-12-7-11(9-19)5-6-14(12)18/h5-8,20H,9-10,19H2,1-4H3. The van der Waals surface area contributed by atoms with Gasteiger partial charge in [-0.2, -0.15) is 0 Å².